The number of unbranched alkanes of at least 4 members (excludes halogenated alkanes) is 1. The summed E-state index contributed by atoms with van der Waals surface area (Å²) in [7, 11) is -0.878. The van der Waals surface area contributed by atoms with Crippen LogP contribution in [0.1, 0.15) is 78.1 Å². The van der Waals surface area contributed by atoms with Crippen LogP contribution < -0.4 is 0 Å². The summed E-state index contributed by atoms with van der Waals surface area (Å²) in [6.45, 7) is 9.10. The normalized spacial score (nSPS) is 29.5. The number of esters is 1. The molecule has 2 fully saturated rings. The third-order valence-electron chi connectivity index (χ3n) is 7.77. The van der Waals surface area contributed by atoms with Crippen molar-refractivity contribution in [1.82, 2.24) is 0 Å². The van der Waals surface area contributed by atoms with Crippen molar-refractivity contribution in [2.45, 2.75) is 115 Å². The van der Waals surface area contributed by atoms with E-state index < -0.39 is 14.4 Å². The zero-order chi connectivity index (χ0) is 23.8. The summed E-state index contributed by atoms with van der Waals surface area (Å²) in [6, 6.07) is 0. The summed E-state index contributed by atoms with van der Waals surface area (Å²) in [5.41, 5.74) is 0. The molecule has 32 heavy (non-hydrogen) atoms. The Balaban J connectivity index is 1.99. The fraction of sp³-hybridized carbons (Fsp3) is 0.880. The molecule has 2 aliphatic rings. The topological polar surface area (TPSA) is 85.2 Å². The number of aliphatic hydroxyl groups is 1. The van der Waals surface area contributed by atoms with E-state index in [2.05, 4.69) is 30.7 Å². The van der Waals surface area contributed by atoms with Gasteiger partial charge in [0.05, 0.1) is 19.3 Å². The number of aliphatic hydroxyl groups excluding tert-OH is 1. The first-order valence-corrected chi connectivity index (χ1v) is 15.4. The standard InChI is InChI=1S/C25H46O6Si/c1-25(2,32(4,5)28)16-15-20-19(12-8-6-7-9-13-23(27)29-3)21(26)18-22(20)31-24-14-10-11-17-30-24/h6,8,19-22,24,26,28H,7,9-18H2,1-5H3/b8-6-/t19-,20-,21?,22-,24?/m1/s1. The van der Waals surface area contributed by atoms with Crippen LogP contribution >= 0.6 is 0 Å². The number of carbonyl (C=O) groups excluding carboxylic acids is 1. The Kier molecular flexibility index (Phi) is 10.9. The van der Waals surface area contributed by atoms with Gasteiger partial charge in [0.15, 0.2) is 14.6 Å². The molecule has 6 nitrogen and oxygen atoms in total. The average Bonchev–Trinajstić information content (AvgIpc) is 3.02. The highest BCUT2D eigenvalue weighted by atomic mass is 28.4. The molecule has 0 aromatic rings. The van der Waals surface area contributed by atoms with Gasteiger partial charge in [-0.05, 0) is 81.3 Å². The first-order valence-electron chi connectivity index (χ1n) is 12.4. The van der Waals surface area contributed by atoms with E-state index in [4.69, 9.17) is 9.47 Å². The molecule has 0 aromatic carbocycles. The minimum atomic E-state index is -2.29. The van der Waals surface area contributed by atoms with Crippen LogP contribution in [0.5, 0.6) is 0 Å². The van der Waals surface area contributed by atoms with E-state index in [1.807, 2.05) is 13.1 Å². The van der Waals surface area contributed by atoms with Gasteiger partial charge in [0.2, 0.25) is 0 Å². The maximum atomic E-state index is 11.2. The molecule has 7 heteroatoms. The van der Waals surface area contributed by atoms with Crippen molar-refractivity contribution < 1.29 is 28.9 Å². The minimum Gasteiger partial charge on any atom is -0.469 e. The van der Waals surface area contributed by atoms with Crippen molar-refractivity contribution in [1.29, 1.82) is 0 Å². The Bertz CT molecular complexity index is 594. The number of hydrogen-bond acceptors (Lipinski definition) is 6. The van der Waals surface area contributed by atoms with Gasteiger partial charge in [0.1, 0.15) is 0 Å². The van der Waals surface area contributed by atoms with Gasteiger partial charge < -0.3 is 24.1 Å². The lowest BCUT2D eigenvalue weighted by Gasteiger charge is -2.37. The van der Waals surface area contributed by atoms with Gasteiger partial charge in [-0.2, -0.15) is 0 Å². The first kappa shape index (κ1) is 27.5. The third-order valence-corrected chi connectivity index (χ3v) is 11.3. The van der Waals surface area contributed by atoms with Gasteiger partial charge in [0, 0.05) is 19.4 Å². The van der Waals surface area contributed by atoms with Crippen molar-refractivity contribution in [2.24, 2.45) is 11.8 Å². The van der Waals surface area contributed by atoms with E-state index in [1.54, 1.807) is 0 Å². The second-order valence-electron chi connectivity index (χ2n) is 10.8. The number of hydrogen-bond donors (Lipinski definition) is 2. The quantitative estimate of drug-likeness (QED) is 0.182. The van der Waals surface area contributed by atoms with Crippen LogP contribution in [0.2, 0.25) is 18.1 Å². The van der Waals surface area contributed by atoms with E-state index in [0.717, 1.165) is 58.0 Å². The lowest BCUT2D eigenvalue weighted by molar-refractivity contribution is -0.196. The molecule has 1 aliphatic heterocycles. The van der Waals surface area contributed by atoms with Crippen molar-refractivity contribution in [3.05, 3.63) is 12.2 Å². The van der Waals surface area contributed by atoms with E-state index in [9.17, 15) is 14.7 Å². The van der Waals surface area contributed by atoms with Crippen molar-refractivity contribution in [2.75, 3.05) is 13.7 Å². The summed E-state index contributed by atoms with van der Waals surface area (Å²) in [4.78, 5) is 22.0. The van der Waals surface area contributed by atoms with Gasteiger partial charge in [-0.1, -0.05) is 26.0 Å². The van der Waals surface area contributed by atoms with Crippen molar-refractivity contribution in [3.8, 4) is 0 Å². The molecule has 186 valence electrons. The third kappa shape index (κ3) is 8.24. The molecule has 0 amide bonds. The molecule has 1 heterocycles. The summed E-state index contributed by atoms with van der Waals surface area (Å²) in [5.74, 6) is 0.207. The second-order valence-corrected chi connectivity index (χ2v) is 15.2. The predicted molar refractivity (Wildman–Crippen MR) is 129 cm³/mol. The zero-order valence-electron chi connectivity index (χ0n) is 20.8. The Morgan fingerprint density at radius 3 is 2.59 bits per heavy atom. The number of carbonyl (C=O) groups is 1. The maximum absolute atomic E-state index is 11.2. The molecular formula is C25H46O6Si. The fourth-order valence-corrected chi connectivity index (χ4v) is 5.48. The van der Waals surface area contributed by atoms with E-state index in [-0.39, 0.29) is 35.2 Å². The van der Waals surface area contributed by atoms with E-state index in [0.29, 0.717) is 12.8 Å². The zero-order valence-corrected chi connectivity index (χ0v) is 21.8. The number of allylic oxidation sites excluding steroid dienone is 2. The summed E-state index contributed by atoms with van der Waals surface area (Å²) < 4.78 is 16.9. The SMILES string of the molecule is COC(=O)CCC/C=C\C[C@H]1C(O)C[C@@H](OC2CCCCO2)[C@@H]1CCC(C)(C)[Si](C)(C)O. The van der Waals surface area contributed by atoms with Gasteiger partial charge in [0.25, 0.3) is 0 Å². The predicted octanol–water partition coefficient (Wildman–Crippen LogP) is 4.94. The summed E-state index contributed by atoms with van der Waals surface area (Å²) >= 11 is 0. The summed E-state index contributed by atoms with van der Waals surface area (Å²) in [6.07, 6.45) is 12.2. The molecule has 0 radical (unpaired) electrons. The van der Waals surface area contributed by atoms with Crippen LogP contribution in [-0.2, 0) is 19.0 Å². The van der Waals surface area contributed by atoms with Crippen LogP contribution in [0.15, 0.2) is 12.2 Å². The minimum absolute atomic E-state index is 0.00917. The molecule has 0 spiro atoms. The highest BCUT2D eigenvalue weighted by Crippen LogP contribution is 2.46. The molecular weight excluding hydrogens is 424 g/mol. The molecule has 1 saturated heterocycles. The smallest absolute Gasteiger partial charge is 0.305 e. The molecule has 1 aliphatic carbocycles. The van der Waals surface area contributed by atoms with Gasteiger partial charge in [-0.15, -0.1) is 0 Å². The Morgan fingerprint density at radius 2 is 1.97 bits per heavy atom. The molecule has 2 unspecified atom stereocenters. The second kappa shape index (κ2) is 12.7. The monoisotopic (exact) mass is 470 g/mol. The van der Waals surface area contributed by atoms with Gasteiger partial charge >= 0.3 is 5.97 Å². The van der Waals surface area contributed by atoms with Crippen LogP contribution in [0.4, 0.5) is 0 Å². The van der Waals surface area contributed by atoms with Crippen LogP contribution in [-0.4, -0.2) is 56.4 Å². The maximum Gasteiger partial charge on any atom is 0.305 e. The van der Waals surface area contributed by atoms with E-state index >= 15 is 0 Å². The molecule has 2 rings (SSSR count). The Hall–Kier alpha value is -0.733. The summed E-state index contributed by atoms with van der Waals surface area (Å²) in [5, 5.41) is 10.8. The fourth-order valence-electron chi connectivity index (χ4n) is 4.72. The number of ether oxygens (including phenoxy) is 3. The van der Waals surface area contributed by atoms with Crippen molar-refractivity contribution >= 4 is 14.3 Å². The molecule has 5 atom stereocenters. The van der Waals surface area contributed by atoms with Crippen molar-refractivity contribution in [3.63, 3.8) is 0 Å². The Morgan fingerprint density at radius 1 is 1.22 bits per heavy atom. The first-order chi connectivity index (χ1) is 15.0. The molecule has 1 saturated carbocycles. The number of methoxy groups -OCH3 is 1. The lowest BCUT2D eigenvalue weighted by Crippen LogP contribution is -2.40. The lowest BCUT2D eigenvalue weighted by atomic mass is 9.85. The van der Waals surface area contributed by atoms with Gasteiger partial charge in [-0.3, -0.25) is 4.79 Å². The highest BCUT2D eigenvalue weighted by molar-refractivity contribution is 6.72. The average molecular weight is 471 g/mol. The van der Waals surface area contributed by atoms with Crippen LogP contribution in [0.25, 0.3) is 0 Å². The van der Waals surface area contributed by atoms with Crippen LogP contribution in [0, 0.1) is 11.8 Å². The number of rotatable bonds is 12. The van der Waals surface area contributed by atoms with Gasteiger partial charge in [-0.25, -0.2) is 0 Å². The largest absolute Gasteiger partial charge is 0.469 e. The van der Waals surface area contributed by atoms with Crippen LogP contribution in [0.3, 0.4) is 0 Å². The highest BCUT2D eigenvalue weighted by Gasteiger charge is 2.45. The molecule has 2 N–H and O–H groups in total. The Labute approximate surface area is 195 Å². The molecule has 0 aromatic heterocycles. The van der Waals surface area contributed by atoms with E-state index in [1.165, 1.54) is 7.11 Å². The molecule has 0 bridgehead atoms.